The largest absolute Gasteiger partial charge is 0.478 e. The number of urea groups is 1. The molecule has 0 saturated heterocycles. The van der Waals surface area contributed by atoms with Gasteiger partial charge in [0.05, 0.1) is 5.56 Å². The van der Waals surface area contributed by atoms with Crippen LogP contribution in [0.1, 0.15) is 28.4 Å². The summed E-state index contributed by atoms with van der Waals surface area (Å²) < 4.78 is 59.1. The average molecular weight is 598 g/mol. The number of hydrogen-bond donors (Lipinski definition) is 2. The molecule has 0 bridgehead atoms. The molecule has 2 N–H and O–H groups in total. The van der Waals surface area contributed by atoms with Crippen molar-refractivity contribution in [1.29, 1.82) is 0 Å². The van der Waals surface area contributed by atoms with Crippen LogP contribution in [0.2, 0.25) is 15.1 Å². The molecule has 11 heteroatoms. The van der Waals surface area contributed by atoms with Gasteiger partial charge in [-0.25, -0.2) is 9.18 Å². The number of halogens is 7. The number of anilines is 1. The zero-order chi connectivity index (χ0) is 28.2. The molecular formula is C28H19Cl3F4N2O2. The zero-order valence-corrected chi connectivity index (χ0v) is 22.1. The second kappa shape index (κ2) is 12.2. The highest BCUT2D eigenvalue weighted by atomic mass is 35.5. The molecule has 0 aliphatic rings. The Labute approximate surface area is 236 Å². The van der Waals surface area contributed by atoms with Crippen LogP contribution in [0.3, 0.4) is 0 Å². The third-order valence-corrected chi connectivity index (χ3v) is 6.40. The van der Waals surface area contributed by atoms with Gasteiger partial charge in [0.25, 0.3) is 0 Å². The maximum absolute atomic E-state index is 15.0. The standard InChI is InChI=1S/C28H19Cl3F4N2O2/c29-19-7-3-17(4-8-19)26(22-11-9-20(30)13-23(22)31)39-25-12-10-21(14-24(25)32)37-27(38)36-15-16-1-5-18(6-2-16)28(33,34)35/h1-14,26H,15H2,(H2,36,37,38). The van der Waals surface area contributed by atoms with Crippen molar-refractivity contribution >= 4 is 46.5 Å². The van der Waals surface area contributed by atoms with Gasteiger partial charge in [0, 0.05) is 38.9 Å². The van der Waals surface area contributed by atoms with Crippen LogP contribution in [0.5, 0.6) is 5.75 Å². The van der Waals surface area contributed by atoms with Crippen LogP contribution >= 0.6 is 34.8 Å². The van der Waals surface area contributed by atoms with Gasteiger partial charge >= 0.3 is 12.2 Å². The number of carbonyl (C=O) groups excluding carboxylic acids is 1. The van der Waals surface area contributed by atoms with Crippen molar-refractivity contribution in [2.75, 3.05) is 5.32 Å². The lowest BCUT2D eigenvalue weighted by Gasteiger charge is -2.22. The summed E-state index contributed by atoms with van der Waals surface area (Å²) in [5.41, 5.74) is 1.02. The predicted octanol–water partition coefficient (Wildman–Crippen LogP) is 9.29. The van der Waals surface area contributed by atoms with Crippen LogP contribution in [0, 0.1) is 5.82 Å². The minimum absolute atomic E-state index is 0.0295. The lowest BCUT2D eigenvalue weighted by Crippen LogP contribution is -2.28. The Bertz CT molecular complexity index is 1460. The first kappa shape index (κ1) is 28.5. The number of ether oxygens (including phenoxy) is 1. The summed E-state index contributed by atoms with van der Waals surface area (Å²) in [7, 11) is 0. The Morgan fingerprint density at radius 3 is 2.13 bits per heavy atom. The quantitative estimate of drug-likeness (QED) is 0.209. The Morgan fingerprint density at radius 2 is 1.51 bits per heavy atom. The number of rotatable bonds is 7. The summed E-state index contributed by atoms with van der Waals surface area (Å²) >= 11 is 18.4. The summed E-state index contributed by atoms with van der Waals surface area (Å²) in [6, 6.07) is 19.3. The van der Waals surface area contributed by atoms with Crippen molar-refractivity contribution in [1.82, 2.24) is 5.32 Å². The molecule has 0 radical (unpaired) electrons. The van der Waals surface area contributed by atoms with Gasteiger partial charge in [-0.05, 0) is 59.7 Å². The minimum Gasteiger partial charge on any atom is -0.478 e. The van der Waals surface area contributed by atoms with Gasteiger partial charge in [-0.1, -0.05) is 65.1 Å². The van der Waals surface area contributed by atoms with Gasteiger partial charge in [-0.15, -0.1) is 0 Å². The number of alkyl halides is 3. The Hall–Kier alpha value is -3.46. The molecule has 0 saturated carbocycles. The number of hydrogen-bond acceptors (Lipinski definition) is 2. The number of amides is 2. The Balaban J connectivity index is 1.45. The van der Waals surface area contributed by atoms with E-state index < -0.39 is 29.7 Å². The molecule has 0 fully saturated rings. The number of benzene rings is 4. The fourth-order valence-electron chi connectivity index (χ4n) is 3.63. The van der Waals surface area contributed by atoms with E-state index >= 15 is 4.39 Å². The smallest absolute Gasteiger partial charge is 0.416 e. The predicted molar refractivity (Wildman–Crippen MR) is 144 cm³/mol. The highest BCUT2D eigenvalue weighted by Gasteiger charge is 2.30. The van der Waals surface area contributed by atoms with Gasteiger partial charge in [0.1, 0.15) is 0 Å². The average Bonchev–Trinajstić information content (AvgIpc) is 2.88. The van der Waals surface area contributed by atoms with Gasteiger partial charge < -0.3 is 15.4 Å². The third kappa shape index (κ3) is 7.56. The molecule has 0 spiro atoms. The van der Waals surface area contributed by atoms with Gasteiger partial charge in [0.15, 0.2) is 17.7 Å². The maximum Gasteiger partial charge on any atom is 0.416 e. The van der Waals surface area contributed by atoms with E-state index in [4.69, 9.17) is 39.5 Å². The van der Waals surface area contributed by atoms with Crippen molar-refractivity contribution in [2.45, 2.75) is 18.8 Å². The second-order valence-corrected chi connectivity index (χ2v) is 9.64. The van der Waals surface area contributed by atoms with E-state index in [2.05, 4.69) is 10.6 Å². The van der Waals surface area contributed by atoms with E-state index in [9.17, 15) is 18.0 Å². The van der Waals surface area contributed by atoms with Crippen LogP contribution in [-0.4, -0.2) is 6.03 Å². The molecule has 4 nitrogen and oxygen atoms in total. The summed E-state index contributed by atoms with van der Waals surface area (Å²) in [5.74, 6) is -0.851. The molecule has 0 aliphatic heterocycles. The summed E-state index contributed by atoms with van der Waals surface area (Å²) in [6.07, 6.45) is -5.24. The van der Waals surface area contributed by atoms with Crippen LogP contribution in [0.4, 0.5) is 28.0 Å². The van der Waals surface area contributed by atoms with E-state index in [1.54, 1.807) is 42.5 Å². The molecule has 4 rings (SSSR count). The van der Waals surface area contributed by atoms with E-state index in [-0.39, 0.29) is 18.0 Å². The molecule has 4 aromatic rings. The van der Waals surface area contributed by atoms with Gasteiger partial charge in [-0.3, -0.25) is 0 Å². The van der Waals surface area contributed by atoms with Crippen molar-refractivity contribution in [3.8, 4) is 5.75 Å². The maximum atomic E-state index is 15.0. The summed E-state index contributed by atoms with van der Waals surface area (Å²) in [5, 5.41) is 6.25. The second-order valence-electron chi connectivity index (χ2n) is 8.36. The van der Waals surface area contributed by atoms with E-state index in [0.717, 1.165) is 18.2 Å². The number of nitrogens with one attached hydrogen (secondary N) is 2. The minimum atomic E-state index is -4.45. The zero-order valence-electron chi connectivity index (χ0n) is 19.8. The molecular weight excluding hydrogens is 579 g/mol. The van der Waals surface area contributed by atoms with Crippen LogP contribution in [-0.2, 0) is 12.7 Å². The first-order valence-electron chi connectivity index (χ1n) is 11.4. The molecule has 0 aromatic heterocycles. The van der Waals surface area contributed by atoms with E-state index in [1.165, 1.54) is 24.3 Å². The topological polar surface area (TPSA) is 50.4 Å². The first-order chi connectivity index (χ1) is 18.5. The normalized spacial score (nSPS) is 12.1. The molecule has 39 heavy (non-hydrogen) atoms. The lowest BCUT2D eigenvalue weighted by atomic mass is 10.0. The van der Waals surface area contributed by atoms with Crippen molar-refractivity contribution in [2.24, 2.45) is 0 Å². The molecule has 202 valence electrons. The highest BCUT2D eigenvalue weighted by molar-refractivity contribution is 6.35. The van der Waals surface area contributed by atoms with Crippen molar-refractivity contribution < 1.29 is 27.1 Å². The fraction of sp³-hybridized carbons (Fsp3) is 0.107. The summed E-state index contributed by atoms with van der Waals surface area (Å²) in [4.78, 5) is 12.3. The Kier molecular flexibility index (Phi) is 8.90. The van der Waals surface area contributed by atoms with Crippen molar-refractivity contribution in [3.05, 3.63) is 128 Å². The Morgan fingerprint density at radius 1 is 0.846 bits per heavy atom. The monoisotopic (exact) mass is 596 g/mol. The SMILES string of the molecule is O=C(NCc1ccc(C(F)(F)F)cc1)Nc1ccc(OC(c2ccc(Cl)cc2)c2ccc(Cl)cc2Cl)c(F)c1. The fourth-order valence-corrected chi connectivity index (χ4v) is 4.27. The summed E-state index contributed by atoms with van der Waals surface area (Å²) in [6.45, 7) is -0.0295. The van der Waals surface area contributed by atoms with E-state index in [0.29, 0.717) is 31.8 Å². The first-order valence-corrected chi connectivity index (χ1v) is 12.5. The van der Waals surface area contributed by atoms with Crippen LogP contribution < -0.4 is 15.4 Å². The van der Waals surface area contributed by atoms with Crippen LogP contribution in [0.25, 0.3) is 0 Å². The molecule has 1 unspecified atom stereocenters. The molecule has 0 aliphatic carbocycles. The lowest BCUT2D eigenvalue weighted by molar-refractivity contribution is -0.137. The molecule has 4 aromatic carbocycles. The van der Waals surface area contributed by atoms with Crippen LogP contribution in [0.15, 0.2) is 84.9 Å². The molecule has 0 heterocycles. The molecule has 1 atom stereocenters. The highest BCUT2D eigenvalue weighted by Crippen LogP contribution is 2.36. The third-order valence-electron chi connectivity index (χ3n) is 5.59. The van der Waals surface area contributed by atoms with Gasteiger partial charge in [0.2, 0.25) is 0 Å². The number of carbonyl (C=O) groups is 1. The molecule has 2 amide bonds. The van der Waals surface area contributed by atoms with Gasteiger partial charge in [-0.2, -0.15) is 13.2 Å². The van der Waals surface area contributed by atoms with E-state index in [1.807, 2.05) is 0 Å². The van der Waals surface area contributed by atoms with Crippen molar-refractivity contribution in [3.63, 3.8) is 0 Å².